The maximum atomic E-state index is 13.7. The summed E-state index contributed by atoms with van der Waals surface area (Å²) < 4.78 is 13.7. The summed E-state index contributed by atoms with van der Waals surface area (Å²) in [6.45, 7) is 0. The minimum Gasteiger partial charge on any atom is -0.392 e. The molecule has 0 bridgehead atoms. The lowest BCUT2D eigenvalue weighted by atomic mass is 9.98. The Morgan fingerprint density at radius 3 is 2.43 bits per heavy atom. The topological polar surface area (TPSA) is 55.1 Å². The highest BCUT2D eigenvalue weighted by molar-refractivity contribution is 7.80. The number of hydrogen-bond acceptors (Lipinski definition) is 2. The van der Waals surface area contributed by atoms with Crippen molar-refractivity contribution in [3.8, 4) is 0 Å². The van der Waals surface area contributed by atoms with Crippen LogP contribution < -0.4 is 11.1 Å². The van der Waals surface area contributed by atoms with Crippen molar-refractivity contribution in [2.24, 2.45) is 5.73 Å². The van der Waals surface area contributed by atoms with E-state index in [1.807, 2.05) is 6.07 Å². The summed E-state index contributed by atoms with van der Waals surface area (Å²) in [5.74, 6) is -2.00. The minimum atomic E-state index is -0.850. The third-order valence-electron chi connectivity index (χ3n) is 2.89. The van der Waals surface area contributed by atoms with Crippen molar-refractivity contribution in [3.63, 3.8) is 0 Å². The van der Waals surface area contributed by atoms with E-state index >= 15 is 0 Å². The first-order valence-electron chi connectivity index (χ1n) is 6.10. The van der Waals surface area contributed by atoms with Gasteiger partial charge in [0.15, 0.2) is 0 Å². The molecule has 1 atom stereocenters. The molecule has 21 heavy (non-hydrogen) atoms. The van der Waals surface area contributed by atoms with Crippen LogP contribution in [0, 0.1) is 5.82 Å². The Morgan fingerprint density at radius 2 is 1.86 bits per heavy atom. The first-order valence-corrected chi connectivity index (χ1v) is 6.88. The van der Waals surface area contributed by atoms with Crippen molar-refractivity contribution in [3.05, 3.63) is 64.9 Å². The Balaban J connectivity index is 2.31. The first kappa shape index (κ1) is 15.4. The largest absolute Gasteiger partial charge is 0.392 e. The number of amides is 1. The van der Waals surface area contributed by atoms with Gasteiger partial charge in [0, 0.05) is 0 Å². The molecule has 2 aromatic rings. The minimum absolute atomic E-state index is 0.00571. The molecule has 0 spiro atoms. The summed E-state index contributed by atoms with van der Waals surface area (Å²) in [4.78, 5) is 12.4. The Labute approximate surface area is 131 Å². The van der Waals surface area contributed by atoms with Crippen LogP contribution >= 0.6 is 23.8 Å². The number of benzene rings is 2. The highest BCUT2D eigenvalue weighted by Crippen LogP contribution is 2.26. The zero-order chi connectivity index (χ0) is 15.4. The number of para-hydroxylation sites is 1. The number of nitrogens with two attached hydrogens (primary N) is 1. The van der Waals surface area contributed by atoms with Gasteiger partial charge in [-0.1, -0.05) is 60.2 Å². The fraction of sp³-hybridized carbons (Fsp3) is 0.0667. The molecule has 0 radical (unpaired) electrons. The monoisotopic (exact) mass is 322 g/mol. The molecule has 6 heteroatoms. The smallest absolute Gasteiger partial charge is 0.238 e. The summed E-state index contributed by atoms with van der Waals surface area (Å²) in [5.41, 5.74) is 6.20. The summed E-state index contributed by atoms with van der Waals surface area (Å²) in [5, 5.41) is 2.55. The summed E-state index contributed by atoms with van der Waals surface area (Å²) in [6, 6.07) is 13.0. The van der Waals surface area contributed by atoms with Crippen molar-refractivity contribution in [1.82, 2.24) is 0 Å². The van der Waals surface area contributed by atoms with Gasteiger partial charge in [-0.2, -0.15) is 0 Å². The Kier molecular flexibility index (Phi) is 4.88. The van der Waals surface area contributed by atoms with Crippen LogP contribution in [0.25, 0.3) is 0 Å². The lowest BCUT2D eigenvalue weighted by Crippen LogP contribution is -2.31. The molecule has 0 aromatic heterocycles. The molecule has 0 aliphatic rings. The molecular weight excluding hydrogens is 311 g/mol. The average molecular weight is 323 g/mol. The Morgan fingerprint density at radius 1 is 1.19 bits per heavy atom. The van der Waals surface area contributed by atoms with Gasteiger partial charge in [0.2, 0.25) is 5.91 Å². The van der Waals surface area contributed by atoms with Crippen molar-refractivity contribution in [2.45, 2.75) is 5.92 Å². The summed E-state index contributed by atoms with van der Waals surface area (Å²) >= 11 is 10.8. The molecule has 0 saturated carbocycles. The maximum Gasteiger partial charge on any atom is 0.238 e. The van der Waals surface area contributed by atoms with E-state index in [9.17, 15) is 9.18 Å². The molecule has 1 amide bonds. The van der Waals surface area contributed by atoms with Gasteiger partial charge in [0.1, 0.15) is 11.7 Å². The van der Waals surface area contributed by atoms with Crippen LogP contribution in [0.3, 0.4) is 0 Å². The Bertz CT molecular complexity index is 658. The highest BCUT2D eigenvalue weighted by atomic mass is 35.5. The number of carbonyl (C=O) groups is 1. The molecule has 0 aliphatic carbocycles. The number of carbonyl (C=O) groups excluding carboxylic acids is 1. The summed E-state index contributed by atoms with van der Waals surface area (Å²) in [7, 11) is 0. The normalized spacial score (nSPS) is 11.7. The van der Waals surface area contributed by atoms with E-state index in [0.29, 0.717) is 5.56 Å². The van der Waals surface area contributed by atoms with E-state index in [-0.39, 0.29) is 15.7 Å². The van der Waals surface area contributed by atoms with Gasteiger partial charge >= 0.3 is 0 Å². The molecule has 3 N–H and O–H groups in total. The SMILES string of the molecule is NC(=S)C(C(=O)Nc1c(F)cccc1Cl)c1ccccc1. The molecule has 0 heterocycles. The fourth-order valence-corrected chi connectivity index (χ4v) is 2.36. The van der Waals surface area contributed by atoms with Crippen LogP contribution in [-0.2, 0) is 4.79 Å². The second kappa shape index (κ2) is 6.65. The van der Waals surface area contributed by atoms with Crippen molar-refractivity contribution in [2.75, 3.05) is 5.32 Å². The number of nitrogens with one attached hydrogen (secondary N) is 1. The number of thiocarbonyl (C=S) groups is 1. The number of anilines is 1. The quantitative estimate of drug-likeness (QED) is 0.847. The van der Waals surface area contributed by atoms with Crippen LogP contribution in [0.4, 0.5) is 10.1 Å². The molecule has 0 aliphatic heterocycles. The predicted molar refractivity (Wildman–Crippen MR) is 86.0 cm³/mol. The van der Waals surface area contributed by atoms with Crippen molar-refractivity contribution >= 4 is 40.4 Å². The van der Waals surface area contributed by atoms with Crippen LogP contribution in [0.15, 0.2) is 48.5 Å². The average Bonchev–Trinajstić information content (AvgIpc) is 2.44. The molecular formula is C15H12ClFN2OS. The molecule has 3 nitrogen and oxygen atoms in total. The standard InChI is InChI=1S/C15H12ClFN2OS/c16-10-7-4-8-11(17)13(10)19-15(20)12(14(18)21)9-5-2-1-3-6-9/h1-8,12H,(H2,18,21)(H,19,20). The number of halogens is 2. The van der Waals surface area contributed by atoms with E-state index in [2.05, 4.69) is 5.32 Å². The van der Waals surface area contributed by atoms with Gasteiger partial charge in [0.05, 0.1) is 15.7 Å². The first-order chi connectivity index (χ1) is 10.0. The molecule has 0 fully saturated rings. The van der Waals surface area contributed by atoms with E-state index < -0.39 is 17.6 Å². The summed E-state index contributed by atoms with van der Waals surface area (Å²) in [6.07, 6.45) is 0. The van der Waals surface area contributed by atoms with Crippen LogP contribution in [-0.4, -0.2) is 10.9 Å². The van der Waals surface area contributed by atoms with Crippen molar-refractivity contribution < 1.29 is 9.18 Å². The number of hydrogen-bond donors (Lipinski definition) is 2. The molecule has 2 rings (SSSR count). The zero-order valence-electron chi connectivity index (χ0n) is 10.8. The molecule has 0 saturated heterocycles. The van der Waals surface area contributed by atoms with Crippen molar-refractivity contribution in [1.29, 1.82) is 0 Å². The van der Waals surface area contributed by atoms with E-state index in [1.54, 1.807) is 24.3 Å². The van der Waals surface area contributed by atoms with Gasteiger partial charge in [-0.05, 0) is 17.7 Å². The van der Waals surface area contributed by atoms with E-state index in [4.69, 9.17) is 29.6 Å². The maximum absolute atomic E-state index is 13.7. The predicted octanol–water partition coefficient (Wildman–Crippen LogP) is 3.49. The molecule has 108 valence electrons. The second-order valence-corrected chi connectivity index (χ2v) is 5.21. The van der Waals surface area contributed by atoms with Gasteiger partial charge in [-0.15, -0.1) is 0 Å². The highest BCUT2D eigenvalue weighted by Gasteiger charge is 2.24. The molecule has 2 aromatic carbocycles. The third-order valence-corrected chi connectivity index (χ3v) is 3.44. The zero-order valence-corrected chi connectivity index (χ0v) is 12.4. The third kappa shape index (κ3) is 3.56. The van der Waals surface area contributed by atoms with Crippen LogP contribution in [0.2, 0.25) is 5.02 Å². The molecule has 1 unspecified atom stereocenters. The van der Waals surface area contributed by atoms with Gasteiger partial charge in [-0.3, -0.25) is 4.79 Å². The van der Waals surface area contributed by atoms with Crippen LogP contribution in [0.1, 0.15) is 11.5 Å². The van der Waals surface area contributed by atoms with Crippen LogP contribution in [0.5, 0.6) is 0 Å². The van der Waals surface area contributed by atoms with Gasteiger partial charge < -0.3 is 11.1 Å². The fourth-order valence-electron chi connectivity index (χ4n) is 1.90. The van der Waals surface area contributed by atoms with E-state index in [1.165, 1.54) is 18.2 Å². The lowest BCUT2D eigenvalue weighted by molar-refractivity contribution is -0.116. The van der Waals surface area contributed by atoms with Gasteiger partial charge in [0.25, 0.3) is 0 Å². The van der Waals surface area contributed by atoms with E-state index in [0.717, 1.165) is 0 Å². The second-order valence-electron chi connectivity index (χ2n) is 4.33. The lowest BCUT2D eigenvalue weighted by Gasteiger charge is -2.16. The Hall–Kier alpha value is -1.98. The number of rotatable bonds is 4. The van der Waals surface area contributed by atoms with Gasteiger partial charge in [-0.25, -0.2) is 4.39 Å².